The van der Waals surface area contributed by atoms with Gasteiger partial charge in [-0.1, -0.05) is 30.7 Å². The monoisotopic (exact) mass is 300 g/mol. The van der Waals surface area contributed by atoms with Crippen LogP contribution in [-0.2, 0) is 13.2 Å². The van der Waals surface area contributed by atoms with Crippen LogP contribution in [0.25, 0.3) is 11.0 Å². The Bertz CT molecular complexity index is 734. The number of imidazole rings is 1. The highest BCUT2D eigenvalue weighted by Crippen LogP contribution is 2.20. The molecule has 2 aromatic carbocycles. The number of halogens is 1. The fraction of sp³-hybridized carbons (Fsp3) is 0.235. The smallest absolute Gasteiger partial charge is 0.147 e. The Morgan fingerprint density at radius 3 is 2.62 bits per heavy atom. The molecule has 0 bridgehead atoms. The molecule has 0 fully saturated rings. The number of fused-ring (bicyclic) bond motifs is 1. The van der Waals surface area contributed by atoms with Gasteiger partial charge in [-0.2, -0.15) is 0 Å². The summed E-state index contributed by atoms with van der Waals surface area (Å²) in [5.74, 6) is 1.75. The molecule has 21 heavy (non-hydrogen) atoms. The first-order chi connectivity index (χ1) is 10.3. The Morgan fingerprint density at radius 2 is 1.86 bits per heavy atom. The minimum atomic E-state index is 0.455. The largest absolute Gasteiger partial charge is 0.486 e. The first-order valence-electron chi connectivity index (χ1n) is 7.10. The molecular weight excluding hydrogens is 284 g/mol. The first kappa shape index (κ1) is 14.0. The molecular formula is C17H17ClN2O. The van der Waals surface area contributed by atoms with Crippen LogP contribution in [0.15, 0.2) is 48.5 Å². The molecule has 0 N–H and O–H groups in total. The van der Waals surface area contributed by atoms with E-state index in [4.69, 9.17) is 16.3 Å². The molecule has 0 radical (unpaired) electrons. The van der Waals surface area contributed by atoms with Crippen molar-refractivity contribution in [3.05, 3.63) is 59.4 Å². The molecule has 0 atom stereocenters. The normalized spacial score (nSPS) is 11.0. The van der Waals surface area contributed by atoms with Gasteiger partial charge in [-0.3, -0.25) is 0 Å². The van der Waals surface area contributed by atoms with Gasteiger partial charge in [0, 0.05) is 11.6 Å². The summed E-state index contributed by atoms with van der Waals surface area (Å²) in [6.45, 7) is 3.56. The van der Waals surface area contributed by atoms with E-state index >= 15 is 0 Å². The van der Waals surface area contributed by atoms with Crippen molar-refractivity contribution in [1.29, 1.82) is 0 Å². The van der Waals surface area contributed by atoms with E-state index in [-0.39, 0.29) is 0 Å². The number of nitrogens with zero attached hydrogens (tertiary/aromatic N) is 2. The number of rotatable bonds is 5. The first-order valence-corrected chi connectivity index (χ1v) is 7.48. The van der Waals surface area contributed by atoms with E-state index in [0.29, 0.717) is 11.6 Å². The standard InChI is InChI=1S/C17H17ClN2O/c1-2-11-20-16-6-4-3-5-15(16)19-17(20)12-21-14-9-7-13(18)8-10-14/h3-10H,2,11-12H2,1H3. The molecule has 108 valence electrons. The second-order valence-electron chi connectivity index (χ2n) is 4.91. The maximum Gasteiger partial charge on any atom is 0.147 e. The summed E-state index contributed by atoms with van der Waals surface area (Å²) < 4.78 is 8.05. The Labute approximate surface area is 129 Å². The van der Waals surface area contributed by atoms with Crippen molar-refractivity contribution in [3.63, 3.8) is 0 Å². The lowest BCUT2D eigenvalue weighted by atomic mass is 10.3. The highest BCUT2D eigenvalue weighted by atomic mass is 35.5. The summed E-state index contributed by atoms with van der Waals surface area (Å²) in [7, 11) is 0. The molecule has 1 aromatic heterocycles. The molecule has 0 saturated heterocycles. The molecule has 3 nitrogen and oxygen atoms in total. The topological polar surface area (TPSA) is 27.1 Å². The maximum absolute atomic E-state index is 5.88. The fourth-order valence-corrected chi connectivity index (χ4v) is 2.51. The lowest BCUT2D eigenvalue weighted by Gasteiger charge is -2.09. The third-order valence-electron chi connectivity index (χ3n) is 3.36. The fourth-order valence-electron chi connectivity index (χ4n) is 2.39. The maximum atomic E-state index is 5.88. The van der Waals surface area contributed by atoms with Gasteiger partial charge in [0.15, 0.2) is 0 Å². The molecule has 4 heteroatoms. The van der Waals surface area contributed by atoms with Gasteiger partial charge in [-0.25, -0.2) is 4.98 Å². The molecule has 0 aliphatic carbocycles. The Morgan fingerprint density at radius 1 is 1.10 bits per heavy atom. The van der Waals surface area contributed by atoms with E-state index in [1.54, 1.807) is 0 Å². The van der Waals surface area contributed by atoms with Crippen molar-refractivity contribution in [1.82, 2.24) is 9.55 Å². The van der Waals surface area contributed by atoms with E-state index in [9.17, 15) is 0 Å². The molecule has 0 saturated carbocycles. The second kappa shape index (κ2) is 6.19. The van der Waals surface area contributed by atoms with Gasteiger partial charge in [-0.15, -0.1) is 0 Å². The predicted molar refractivity (Wildman–Crippen MR) is 85.8 cm³/mol. The molecule has 0 aliphatic rings. The van der Waals surface area contributed by atoms with E-state index in [1.165, 1.54) is 0 Å². The van der Waals surface area contributed by atoms with Gasteiger partial charge >= 0.3 is 0 Å². The van der Waals surface area contributed by atoms with Crippen molar-refractivity contribution in [2.24, 2.45) is 0 Å². The number of hydrogen-bond donors (Lipinski definition) is 0. The quantitative estimate of drug-likeness (QED) is 0.684. The van der Waals surface area contributed by atoms with E-state index in [2.05, 4.69) is 22.5 Å². The van der Waals surface area contributed by atoms with Crippen LogP contribution in [0.3, 0.4) is 0 Å². The van der Waals surface area contributed by atoms with Crippen LogP contribution in [0.4, 0.5) is 0 Å². The van der Waals surface area contributed by atoms with Crippen molar-refractivity contribution in [3.8, 4) is 5.75 Å². The Kier molecular flexibility index (Phi) is 4.11. The van der Waals surface area contributed by atoms with Crippen molar-refractivity contribution < 1.29 is 4.74 Å². The summed E-state index contributed by atoms with van der Waals surface area (Å²) in [6, 6.07) is 15.6. The summed E-state index contributed by atoms with van der Waals surface area (Å²) in [4.78, 5) is 4.68. The highest BCUT2D eigenvalue weighted by Gasteiger charge is 2.10. The molecule has 3 aromatic rings. The number of aromatic nitrogens is 2. The minimum Gasteiger partial charge on any atom is -0.486 e. The molecule has 0 unspecified atom stereocenters. The van der Waals surface area contributed by atoms with Gasteiger partial charge in [0.25, 0.3) is 0 Å². The van der Waals surface area contributed by atoms with Gasteiger partial charge < -0.3 is 9.30 Å². The van der Waals surface area contributed by atoms with Crippen LogP contribution in [0.2, 0.25) is 5.02 Å². The summed E-state index contributed by atoms with van der Waals surface area (Å²) in [5, 5.41) is 0.709. The molecule has 0 amide bonds. The van der Waals surface area contributed by atoms with Crippen LogP contribution in [0, 0.1) is 0 Å². The Balaban J connectivity index is 1.85. The predicted octanol–water partition coefficient (Wildman–Crippen LogP) is 4.68. The minimum absolute atomic E-state index is 0.455. The molecule has 0 aliphatic heterocycles. The average molecular weight is 301 g/mol. The lowest BCUT2D eigenvalue weighted by molar-refractivity contribution is 0.290. The van der Waals surface area contributed by atoms with Crippen molar-refractivity contribution in [2.45, 2.75) is 26.5 Å². The number of aryl methyl sites for hydroxylation is 1. The van der Waals surface area contributed by atoms with E-state index in [0.717, 1.165) is 35.6 Å². The third-order valence-corrected chi connectivity index (χ3v) is 3.61. The second-order valence-corrected chi connectivity index (χ2v) is 5.35. The highest BCUT2D eigenvalue weighted by molar-refractivity contribution is 6.30. The van der Waals surface area contributed by atoms with Crippen LogP contribution < -0.4 is 4.74 Å². The number of benzene rings is 2. The third kappa shape index (κ3) is 3.03. The van der Waals surface area contributed by atoms with Gasteiger partial charge in [0.1, 0.15) is 18.2 Å². The molecule has 1 heterocycles. The summed E-state index contributed by atoms with van der Waals surface area (Å²) >= 11 is 5.88. The summed E-state index contributed by atoms with van der Waals surface area (Å²) in [6.07, 6.45) is 1.06. The zero-order valence-electron chi connectivity index (χ0n) is 11.9. The van der Waals surface area contributed by atoms with Crippen molar-refractivity contribution in [2.75, 3.05) is 0 Å². The van der Waals surface area contributed by atoms with Gasteiger partial charge in [-0.05, 0) is 42.8 Å². The summed E-state index contributed by atoms with van der Waals surface area (Å²) in [5.41, 5.74) is 2.18. The Hall–Kier alpha value is -2.00. The molecule has 0 spiro atoms. The van der Waals surface area contributed by atoms with Crippen LogP contribution in [0.5, 0.6) is 5.75 Å². The van der Waals surface area contributed by atoms with Crippen molar-refractivity contribution >= 4 is 22.6 Å². The van der Waals surface area contributed by atoms with Gasteiger partial charge in [0.2, 0.25) is 0 Å². The van der Waals surface area contributed by atoms with Crippen LogP contribution in [-0.4, -0.2) is 9.55 Å². The average Bonchev–Trinajstić information content (AvgIpc) is 2.85. The van der Waals surface area contributed by atoms with E-state index in [1.807, 2.05) is 42.5 Å². The van der Waals surface area contributed by atoms with Crippen LogP contribution >= 0.6 is 11.6 Å². The number of para-hydroxylation sites is 2. The zero-order chi connectivity index (χ0) is 14.7. The van der Waals surface area contributed by atoms with Gasteiger partial charge in [0.05, 0.1) is 11.0 Å². The number of hydrogen-bond acceptors (Lipinski definition) is 2. The molecule has 3 rings (SSSR count). The lowest BCUT2D eigenvalue weighted by Crippen LogP contribution is -2.07. The van der Waals surface area contributed by atoms with Crippen LogP contribution in [0.1, 0.15) is 19.2 Å². The number of ether oxygens (including phenoxy) is 1. The zero-order valence-corrected chi connectivity index (χ0v) is 12.7. The SMILES string of the molecule is CCCn1c(COc2ccc(Cl)cc2)nc2ccccc21. The van der Waals surface area contributed by atoms with E-state index < -0.39 is 0 Å².